The van der Waals surface area contributed by atoms with Gasteiger partial charge in [0.1, 0.15) is 42.2 Å². The number of carbonyl (C=O) groups is 9. The number of nitrogens with zero attached hydrogens (tertiary/aromatic N) is 4. The van der Waals surface area contributed by atoms with Gasteiger partial charge in [-0.25, -0.2) is 19.2 Å². The highest BCUT2D eigenvalue weighted by molar-refractivity contribution is 6.20. The van der Waals surface area contributed by atoms with Crippen molar-refractivity contribution in [3.05, 3.63) is 107 Å². The summed E-state index contributed by atoms with van der Waals surface area (Å²) in [6, 6.07) is 22.9. The summed E-state index contributed by atoms with van der Waals surface area (Å²) >= 11 is 13.3. The van der Waals surface area contributed by atoms with Crippen molar-refractivity contribution in [2.24, 2.45) is 34.1 Å². The quantitative estimate of drug-likeness (QED) is 0.0166. The number of urea groups is 1. The average Bonchev–Trinajstić information content (AvgIpc) is 1.34. The SMILES string of the molecule is CC(C)[C@H](CC(=O)CCOCCOCCOCCOCCOCCOCCN)C(=O)N[C@@H](CCCNC(N)=O)C(=O)Cc1ccc(COC(=O)N(C)CCN(C)C(=O)Oc2cc3c(c4ccccc24)[C@H](CCl)CN3C(=O)C23CC(C(=O)N4C[C@@H](CCl)c5c4cc(O[C@@H]4O[C@H](C(=O)O)[C@@H](O)[C@H](O)[C@H]4O)c4ccccc54)(C2)C3)cc1. The minimum Gasteiger partial charge on any atom is -0.479 e. The summed E-state index contributed by atoms with van der Waals surface area (Å²) in [6.45, 7) is 9.30. The van der Waals surface area contributed by atoms with Crippen LogP contribution in [0.15, 0.2) is 84.9 Å². The second kappa shape index (κ2) is 40.7. The van der Waals surface area contributed by atoms with Crippen LogP contribution in [0.1, 0.15) is 92.9 Å². The molecule has 5 aromatic rings. The Kier molecular flexibility index (Phi) is 31.4. The number of hydrogen-bond acceptors (Lipinski definition) is 23. The number of halogens is 2. The van der Waals surface area contributed by atoms with Crippen LogP contribution in [0.4, 0.5) is 25.8 Å². The molecule has 9 atom stereocenters. The van der Waals surface area contributed by atoms with Crippen molar-refractivity contribution in [1.82, 2.24) is 20.4 Å². The number of aliphatic hydroxyl groups excluding tert-OH is 3. The Morgan fingerprint density at radius 1 is 0.628 bits per heavy atom. The van der Waals surface area contributed by atoms with Crippen molar-refractivity contribution in [2.75, 3.05) is 154 Å². The van der Waals surface area contributed by atoms with Gasteiger partial charge >= 0.3 is 24.2 Å². The monoisotopic (exact) mass is 1610 g/mol. The zero-order valence-electron chi connectivity index (χ0n) is 64.1. The van der Waals surface area contributed by atoms with Gasteiger partial charge in [-0.3, -0.25) is 24.0 Å². The van der Waals surface area contributed by atoms with Crippen LogP contribution in [-0.2, 0) is 79.7 Å². The summed E-state index contributed by atoms with van der Waals surface area (Å²) in [6.07, 6.45) is -9.56. The van der Waals surface area contributed by atoms with E-state index < -0.39 is 83.6 Å². The summed E-state index contributed by atoms with van der Waals surface area (Å²) < 4.78 is 56.2. The summed E-state index contributed by atoms with van der Waals surface area (Å²) in [4.78, 5) is 128. The lowest BCUT2D eigenvalue weighted by Gasteiger charge is -2.69. The molecular weight excluding hydrogens is 1510 g/mol. The Hall–Kier alpha value is -8.41. The van der Waals surface area contributed by atoms with Gasteiger partial charge in [0.2, 0.25) is 24.0 Å². The lowest BCUT2D eigenvalue weighted by Crippen LogP contribution is -2.73. The first-order chi connectivity index (χ1) is 54.3. The van der Waals surface area contributed by atoms with E-state index >= 15 is 9.59 Å². The van der Waals surface area contributed by atoms with Crippen LogP contribution in [0.25, 0.3) is 21.5 Å². The lowest BCUT2D eigenvalue weighted by atomic mass is 9.34. The summed E-state index contributed by atoms with van der Waals surface area (Å²) in [5, 5.41) is 49.6. The van der Waals surface area contributed by atoms with Crippen LogP contribution in [0.5, 0.6) is 11.5 Å². The Bertz CT molecular complexity index is 4140. The molecule has 0 aromatic heterocycles. The summed E-state index contributed by atoms with van der Waals surface area (Å²) in [5.41, 5.74) is 12.7. The molecule has 0 spiro atoms. The molecule has 2 bridgehead atoms. The van der Waals surface area contributed by atoms with E-state index in [0.29, 0.717) is 118 Å². The predicted octanol–water partition coefficient (Wildman–Crippen LogP) is 5.90. The normalized spacial score (nSPS) is 21.8. The van der Waals surface area contributed by atoms with Crippen LogP contribution in [0, 0.1) is 22.7 Å². The van der Waals surface area contributed by atoms with E-state index in [1.807, 2.05) is 44.2 Å². The van der Waals surface area contributed by atoms with Crippen molar-refractivity contribution in [2.45, 2.75) is 120 Å². The van der Waals surface area contributed by atoms with Crippen LogP contribution < -0.4 is 41.4 Å². The first-order valence-electron chi connectivity index (χ1n) is 38.2. The Balaban J connectivity index is 0.675. The second-order valence-corrected chi connectivity index (χ2v) is 30.3. The van der Waals surface area contributed by atoms with Gasteiger partial charge in [0, 0.05) is 125 Å². The number of carbonyl (C=O) groups excluding carboxylic acids is 8. The first-order valence-corrected chi connectivity index (χ1v) is 39.3. The smallest absolute Gasteiger partial charge is 0.415 e. The number of anilines is 2. The van der Waals surface area contributed by atoms with Crippen molar-refractivity contribution in [1.29, 1.82) is 0 Å². The molecule has 1 saturated heterocycles. The van der Waals surface area contributed by atoms with Gasteiger partial charge in [-0.1, -0.05) is 86.6 Å². The van der Waals surface area contributed by atoms with Gasteiger partial charge in [0.05, 0.1) is 108 Å². The molecule has 7 amide bonds. The summed E-state index contributed by atoms with van der Waals surface area (Å²) in [7, 11) is 3.04. The number of likely N-dealkylation sites (N-methyl/N-ethyl adjacent to an activating group) is 2. The topological polar surface area (TPSA) is 416 Å². The van der Waals surface area contributed by atoms with E-state index in [2.05, 4.69) is 10.6 Å². The van der Waals surface area contributed by atoms with E-state index in [0.717, 1.165) is 16.5 Å². The third kappa shape index (κ3) is 21.4. The zero-order valence-corrected chi connectivity index (χ0v) is 65.6. The molecule has 33 heteroatoms. The van der Waals surface area contributed by atoms with E-state index in [1.165, 1.54) is 23.9 Å². The fourth-order valence-corrected chi connectivity index (χ4v) is 15.8. The number of fused-ring (bicyclic) bond motifs is 6. The molecule has 4 fully saturated rings. The number of aliphatic hydroxyl groups is 3. The third-order valence-electron chi connectivity index (χ3n) is 21.4. The number of rotatable bonds is 45. The van der Waals surface area contributed by atoms with Crippen LogP contribution in [-0.4, -0.2) is 265 Å². The Morgan fingerprint density at radius 3 is 1.60 bits per heavy atom. The molecule has 31 nitrogen and oxygen atoms in total. The van der Waals surface area contributed by atoms with Crippen LogP contribution in [0.2, 0.25) is 0 Å². The van der Waals surface area contributed by atoms with Gasteiger partial charge in [0.25, 0.3) is 0 Å². The van der Waals surface area contributed by atoms with Crippen molar-refractivity contribution in [3.63, 3.8) is 0 Å². The second-order valence-electron chi connectivity index (χ2n) is 29.7. The number of aliphatic carboxylic acids is 1. The molecule has 0 unspecified atom stereocenters. The van der Waals surface area contributed by atoms with Crippen LogP contribution in [0.3, 0.4) is 0 Å². The number of alkyl halides is 2. The molecule has 11 rings (SSSR count). The highest BCUT2D eigenvalue weighted by Crippen LogP contribution is 2.75. The number of ether oxygens (including phenoxy) is 10. The molecule has 3 aliphatic carbocycles. The maximum Gasteiger partial charge on any atom is 0.415 e. The Morgan fingerprint density at radius 2 is 1.11 bits per heavy atom. The van der Waals surface area contributed by atoms with Crippen LogP contribution >= 0.6 is 23.2 Å². The molecule has 5 aromatic carbocycles. The maximum absolute atomic E-state index is 15.1. The number of Topliss-reactive ketones (excluding diaryl/α,β-unsaturated/α-hetero) is 2. The Labute approximate surface area is 665 Å². The molecule has 113 heavy (non-hydrogen) atoms. The minimum atomic E-state index is -1.94. The average molecular weight is 1620 g/mol. The molecule has 616 valence electrons. The highest BCUT2D eigenvalue weighted by Gasteiger charge is 2.76. The highest BCUT2D eigenvalue weighted by atomic mass is 35.5. The lowest BCUT2D eigenvalue weighted by molar-refractivity contribution is -0.270. The fourth-order valence-electron chi connectivity index (χ4n) is 15.3. The molecule has 0 radical (unpaired) electrons. The molecule has 3 aliphatic heterocycles. The number of hydrogen-bond donors (Lipinski definition) is 8. The number of benzene rings is 5. The number of carboxylic acid groups (broad SMARTS) is 1. The van der Waals surface area contributed by atoms with E-state index in [4.69, 9.17) is 82.0 Å². The van der Waals surface area contributed by atoms with Crippen molar-refractivity contribution >= 4 is 110 Å². The molecule has 3 saturated carbocycles. The number of amides is 7. The minimum absolute atomic E-state index is 0.0273. The molecule has 6 aliphatic rings. The molecular formula is C80H104Cl2N8O23. The molecule has 10 N–H and O–H groups in total. The fraction of sp³-hybridized carbons (Fsp3) is 0.562. The number of nitrogens with one attached hydrogen (secondary N) is 2. The number of ketones is 2. The third-order valence-corrected chi connectivity index (χ3v) is 22.1. The number of carboxylic acids is 1. The van der Waals surface area contributed by atoms with Crippen molar-refractivity contribution in [3.8, 4) is 11.5 Å². The van der Waals surface area contributed by atoms with Gasteiger partial charge in [-0.05, 0) is 71.0 Å². The summed E-state index contributed by atoms with van der Waals surface area (Å²) in [5.74, 6) is -3.88. The van der Waals surface area contributed by atoms with Gasteiger partial charge < -0.3 is 109 Å². The number of primary amides is 1. The predicted molar refractivity (Wildman–Crippen MR) is 415 cm³/mol. The van der Waals surface area contributed by atoms with Crippen molar-refractivity contribution < 1.29 is 111 Å². The number of nitrogens with two attached hydrogens (primary N) is 2. The standard InChI is InChI=1S/C80H104Cl2N8O23/c1-48(2)58(37-53(91)19-24-104-26-28-106-30-32-108-34-35-109-33-31-107-29-27-105-25-20-83)71(96)86-59(14-9-21-85-76(84)101)62(92)36-49-15-17-50(18-16-49)44-110-77(102)87(3)22-23-88(4)78(103)112-64-39-61-66(57-13-8-6-11-55(57)64)52(41-82)43-90(61)75(100)80-45-79(46-80,47-80)74(99)89-42-51(40-81)65-56-12-7-5-10-54(56)63(38-60(65)89)111-73-69(95)67(93)68(94)70(113-73)72(97)98/h5-8,10-13,15-18,38-39,48,51-52,58-59,67-70,73,93-95H,9,14,19-37,40-47,83H2,1-4H3,(H,86,96)(H,97,98)(H3,84,85,101)/t51-,52-,58+,59+,67+,68+,69-,70+,73-,79?,80?/m1/s1. The van der Waals surface area contributed by atoms with E-state index in [1.54, 1.807) is 64.4 Å². The largest absolute Gasteiger partial charge is 0.479 e. The maximum atomic E-state index is 15.1. The van der Waals surface area contributed by atoms with E-state index in [-0.39, 0.29) is 162 Å². The van der Waals surface area contributed by atoms with Gasteiger partial charge in [-0.2, -0.15) is 0 Å². The first kappa shape index (κ1) is 87.0. The zero-order chi connectivity index (χ0) is 81.1. The van der Waals surface area contributed by atoms with Gasteiger partial charge in [0.15, 0.2) is 11.9 Å². The van der Waals surface area contributed by atoms with E-state index in [9.17, 15) is 54.0 Å². The molecule has 3 heterocycles. The van der Waals surface area contributed by atoms with Gasteiger partial charge in [-0.15, -0.1) is 23.2 Å².